The fourth-order valence-corrected chi connectivity index (χ4v) is 4.07. The highest BCUT2D eigenvalue weighted by Gasteiger charge is 2.23. The smallest absolute Gasteiger partial charge is 0.265 e. The lowest BCUT2D eigenvalue weighted by Crippen LogP contribution is -2.13. The van der Waals surface area contributed by atoms with Crippen molar-refractivity contribution in [3.8, 4) is 11.3 Å². The van der Waals surface area contributed by atoms with Crippen molar-refractivity contribution >= 4 is 27.5 Å². The molecular formula is C17H17N3O2S2. The Kier molecular flexibility index (Phi) is 4.64. The lowest BCUT2D eigenvalue weighted by atomic mass is 10.2. The van der Waals surface area contributed by atoms with E-state index < -0.39 is 10.0 Å². The molecule has 0 fully saturated rings. The number of anilines is 1. The summed E-state index contributed by atoms with van der Waals surface area (Å²) < 4.78 is 29.8. The first-order chi connectivity index (χ1) is 11.5. The summed E-state index contributed by atoms with van der Waals surface area (Å²) in [6.07, 6.45) is 3.46. The maximum atomic E-state index is 12.8. The maximum Gasteiger partial charge on any atom is 0.265 e. The number of sulfonamides is 1. The number of thioether (sulfide) groups is 1. The first-order valence-electron chi connectivity index (χ1n) is 7.25. The SMILES string of the molecule is CSc1cccc(NS(=O)(=O)c2cn(C)nc2-c2ccccc2)c1. The third-order valence-corrected chi connectivity index (χ3v) is 5.56. The third kappa shape index (κ3) is 3.47. The second kappa shape index (κ2) is 6.70. The van der Waals surface area contributed by atoms with Gasteiger partial charge in [0.05, 0.1) is 0 Å². The molecule has 5 nitrogen and oxygen atoms in total. The first-order valence-corrected chi connectivity index (χ1v) is 9.96. The number of rotatable bonds is 5. The Balaban J connectivity index is 2.01. The summed E-state index contributed by atoms with van der Waals surface area (Å²) in [6.45, 7) is 0. The Morgan fingerprint density at radius 2 is 1.83 bits per heavy atom. The lowest BCUT2D eigenvalue weighted by molar-refractivity contribution is 0.601. The van der Waals surface area contributed by atoms with Gasteiger partial charge in [-0.05, 0) is 24.5 Å². The maximum absolute atomic E-state index is 12.8. The quantitative estimate of drug-likeness (QED) is 0.707. The minimum absolute atomic E-state index is 0.158. The molecular weight excluding hydrogens is 342 g/mol. The van der Waals surface area contributed by atoms with Crippen LogP contribution in [-0.2, 0) is 17.1 Å². The molecule has 0 unspecified atom stereocenters. The Bertz CT molecular complexity index is 951. The second-order valence-corrected chi connectivity index (χ2v) is 7.75. The molecule has 0 aliphatic rings. The van der Waals surface area contributed by atoms with E-state index in [1.54, 1.807) is 30.9 Å². The molecule has 24 heavy (non-hydrogen) atoms. The standard InChI is InChI=1S/C17H17N3O2S2/c1-20-12-16(17(18-20)13-7-4-3-5-8-13)24(21,22)19-14-9-6-10-15(11-14)23-2/h3-12,19H,1-2H3. The van der Waals surface area contributed by atoms with E-state index in [0.29, 0.717) is 11.4 Å². The van der Waals surface area contributed by atoms with Crippen LogP contribution >= 0.6 is 11.8 Å². The monoisotopic (exact) mass is 359 g/mol. The van der Waals surface area contributed by atoms with Gasteiger partial charge < -0.3 is 0 Å². The predicted molar refractivity (Wildman–Crippen MR) is 97.7 cm³/mol. The van der Waals surface area contributed by atoms with Crippen LogP contribution in [0.2, 0.25) is 0 Å². The van der Waals surface area contributed by atoms with Crippen LogP contribution in [0.15, 0.2) is 70.6 Å². The summed E-state index contributed by atoms with van der Waals surface area (Å²) in [4.78, 5) is 1.15. The zero-order valence-corrected chi connectivity index (χ0v) is 14.9. The van der Waals surface area contributed by atoms with Crippen LogP contribution in [0.25, 0.3) is 11.3 Å². The Hall–Kier alpha value is -2.25. The molecule has 7 heteroatoms. The molecule has 1 N–H and O–H groups in total. The van der Waals surface area contributed by atoms with Crippen molar-refractivity contribution in [3.63, 3.8) is 0 Å². The van der Waals surface area contributed by atoms with Crippen molar-refractivity contribution in [2.75, 3.05) is 11.0 Å². The van der Waals surface area contributed by atoms with Gasteiger partial charge in [0.1, 0.15) is 10.6 Å². The lowest BCUT2D eigenvalue weighted by Gasteiger charge is -2.09. The van der Waals surface area contributed by atoms with E-state index in [0.717, 1.165) is 10.5 Å². The molecule has 0 aliphatic heterocycles. The average molecular weight is 359 g/mol. The summed E-state index contributed by atoms with van der Waals surface area (Å²) in [5.74, 6) is 0. The van der Waals surface area contributed by atoms with Crippen LogP contribution in [0, 0.1) is 0 Å². The molecule has 1 aromatic heterocycles. The van der Waals surface area contributed by atoms with Crippen molar-refractivity contribution in [2.45, 2.75) is 9.79 Å². The topological polar surface area (TPSA) is 64.0 Å². The summed E-state index contributed by atoms with van der Waals surface area (Å²) in [5.41, 5.74) is 1.73. The summed E-state index contributed by atoms with van der Waals surface area (Å²) in [6, 6.07) is 16.6. The summed E-state index contributed by atoms with van der Waals surface area (Å²) in [5, 5.41) is 4.32. The fraction of sp³-hybridized carbons (Fsp3) is 0.118. The average Bonchev–Trinajstić information content (AvgIpc) is 2.98. The van der Waals surface area contributed by atoms with Crippen molar-refractivity contribution in [2.24, 2.45) is 7.05 Å². The summed E-state index contributed by atoms with van der Waals surface area (Å²) in [7, 11) is -2.03. The Morgan fingerprint density at radius 3 is 2.54 bits per heavy atom. The van der Waals surface area contributed by atoms with E-state index in [9.17, 15) is 8.42 Å². The normalized spacial score (nSPS) is 11.4. The highest BCUT2D eigenvalue weighted by molar-refractivity contribution is 7.98. The van der Waals surface area contributed by atoms with E-state index >= 15 is 0 Å². The van der Waals surface area contributed by atoms with Crippen molar-refractivity contribution in [1.82, 2.24) is 9.78 Å². The molecule has 0 spiro atoms. The number of aromatic nitrogens is 2. The van der Waals surface area contributed by atoms with E-state index in [1.165, 1.54) is 10.9 Å². The minimum Gasteiger partial charge on any atom is -0.279 e. The molecule has 0 radical (unpaired) electrons. The van der Waals surface area contributed by atoms with E-state index in [4.69, 9.17) is 0 Å². The van der Waals surface area contributed by atoms with Gasteiger partial charge in [-0.2, -0.15) is 5.10 Å². The van der Waals surface area contributed by atoms with Gasteiger partial charge >= 0.3 is 0 Å². The van der Waals surface area contributed by atoms with Crippen LogP contribution < -0.4 is 4.72 Å². The Morgan fingerprint density at radius 1 is 1.08 bits per heavy atom. The van der Waals surface area contributed by atoms with Crippen LogP contribution in [0.1, 0.15) is 0 Å². The van der Waals surface area contributed by atoms with Crippen molar-refractivity contribution < 1.29 is 8.42 Å². The molecule has 0 atom stereocenters. The van der Waals surface area contributed by atoms with Gasteiger partial charge in [0, 0.05) is 29.4 Å². The van der Waals surface area contributed by atoms with Crippen LogP contribution in [0.4, 0.5) is 5.69 Å². The number of hydrogen-bond acceptors (Lipinski definition) is 4. The fourth-order valence-electron chi connectivity index (χ4n) is 2.36. The second-order valence-electron chi connectivity index (χ2n) is 5.22. The van der Waals surface area contributed by atoms with Gasteiger partial charge in [-0.15, -0.1) is 11.8 Å². The molecule has 0 aliphatic carbocycles. The molecule has 3 aromatic rings. The van der Waals surface area contributed by atoms with Crippen LogP contribution in [0.5, 0.6) is 0 Å². The molecule has 0 bridgehead atoms. The molecule has 2 aromatic carbocycles. The number of hydrogen-bond donors (Lipinski definition) is 1. The molecule has 124 valence electrons. The highest BCUT2D eigenvalue weighted by Crippen LogP contribution is 2.28. The molecule has 0 amide bonds. The van der Waals surface area contributed by atoms with Crippen molar-refractivity contribution in [1.29, 1.82) is 0 Å². The highest BCUT2D eigenvalue weighted by atomic mass is 32.2. The van der Waals surface area contributed by atoms with Gasteiger partial charge in [-0.3, -0.25) is 9.40 Å². The van der Waals surface area contributed by atoms with Gasteiger partial charge in [0.15, 0.2) is 0 Å². The van der Waals surface area contributed by atoms with Gasteiger partial charge in [0.25, 0.3) is 10.0 Å². The summed E-state index contributed by atoms with van der Waals surface area (Å²) >= 11 is 1.56. The number of nitrogens with one attached hydrogen (secondary N) is 1. The van der Waals surface area contributed by atoms with Gasteiger partial charge in [-0.25, -0.2) is 8.42 Å². The minimum atomic E-state index is -3.74. The zero-order chi connectivity index (χ0) is 17.2. The number of aryl methyl sites for hydroxylation is 1. The zero-order valence-electron chi connectivity index (χ0n) is 13.3. The molecule has 3 rings (SSSR count). The third-order valence-electron chi connectivity index (χ3n) is 3.45. The number of nitrogens with zero attached hydrogens (tertiary/aromatic N) is 2. The van der Waals surface area contributed by atoms with E-state index in [-0.39, 0.29) is 4.90 Å². The van der Waals surface area contributed by atoms with E-state index in [2.05, 4.69) is 9.82 Å². The van der Waals surface area contributed by atoms with Crippen molar-refractivity contribution in [3.05, 3.63) is 60.8 Å². The number of benzene rings is 2. The van der Waals surface area contributed by atoms with Crippen LogP contribution in [-0.4, -0.2) is 24.5 Å². The van der Waals surface area contributed by atoms with Gasteiger partial charge in [0.2, 0.25) is 0 Å². The van der Waals surface area contributed by atoms with Crippen LogP contribution in [0.3, 0.4) is 0 Å². The molecule has 0 saturated heterocycles. The largest absolute Gasteiger partial charge is 0.279 e. The Labute approximate surface area is 145 Å². The van der Waals surface area contributed by atoms with E-state index in [1.807, 2.05) is 48.7 Å². The molecule has 0 saturated carbocycles. The first kappa shape index (κ1) is 16.6. The molecule has 1 heterocycles. The van der Waals surface area contributed by atoms with Gasteiger partial charge in [-0.1, -0.05) is 36.4 Å². The predicted octanol–water partition coefficient (Wildman–Crippen LogP) is 3.61.